The van der Waals surface area contributed by atoms with Crippen LogP contribution in [0.25, 0.3) is 0 Å². The Morgan fingerprint density at radius 2 is 2.16 bits per heavy atom. The number of amides is 2. The number of fused-ring (bicyclic) bond motifs is 1. The summed E-state index contributed by atoms with van der Waals surface area (Å²) in [4.78, 5) is 17.6. The highest BCUT2D eigenvalue weighted by Gasteiger charge is 2.69. The van der Waals surface area contributed by atoms with Gasteiger partial charge in [-0.1, -0.05) is 12.1 Å². The van der Waals surface area contributed by atoms with Crippen LogP contribution in [0.4, 0.5) is 14.3 Å². The summed E-state index contributed by atoms with van der Waals surface area (Å²) in [5.41, 5.74) is 0.405. The quantitative estimate of drug-likeness (QED) is 0.875. The molecule has 2 heterocycles. The highest BCUT2D eigenvalue weighted by Crippen LogP contribution is 2.57. The highest BCUT2D eigenvalue weighted by molar-refractivity contribution is 7.15. The molecule has 5 nitrogen and oxygen atoms in total. The fraction of sp³-hybridized carbons (Fsp3) is 0.444. The molecular formula is C18H20FN3O2S. The van der Waals surface area contributed by atoms with Crippen LogP contribution in [0, 0.1) is 11.7 Å². The number of rotatable bonds is 4. The molecule has 1 aliphatic heterocycles. The largest absolute Gasteiger partial charge is 0.373 e. The van der Waals surface area contributed by atoms with E-state index in [1.54, 1.807) is 18.3 Å². The molecule has 2 atom stereocenters. The number of thiazole rings is 1. The number of nitrogens with one attached hydrogen (secondary N) is 2. The van der Waals surface area contributed by atoms with Crippen LogP contribution in [-0.4, -0.2) is 28.8 Å². The van der Waals surface area contributed by atoms with Crippen molar-refractivity contribution in [3.8, 4) is 0 Å². The third kappa shape index (κ3) is 3.02. The standard InChI is InChI=1S/C18H20FN3O2S/c1-17(2)18(8-12(18)10-24-17)22-15(23)21-16-20-9-14(25-16)7-11-3-5-13(19)6-4-11/h3-6,9,12H,7-8,10H2,1-2H3,(H2,20,21,22,23). The monoisotopic (exact) mass is 361 g/mol. The minimum absolute atomic E-state index is 0.247. The van der Waals surface area contributed by atoms with Gasteiger partial charge in [-0.05, 0) is 38.0 Å². The SMILES string of the molecule is CC1(C)OCC2CC21NC(=O)Nc1ncc(Cc2ccc(F)cc2)s1. The highest BCUT2D eigenvalue weighted by atomic mass is 32.1. The molecule has 2 aromatic rings. The number of ether oxygens (including phenoxy) is 1. The lowest BCUT2D eigenvalue weighted by molar-refractivity contribution is -0.00667. The molecule has 2 aliphatic rings. The fourth-order valence-corrected chi connectivity index (χ4v) is 4.43. The summed E-state index contributed by atoms with van der Waals surface area (Å²) in [6.45, 7) is 4.74. The van der Waals surface area contributed by atoms with Crippen LogP contribution in [0.2, 0.25) is 0 Å². The van der Waals surface area contributed by atoms with E-state index in [1.807, 2.05) is 13.8 Å². The molecule has 25 heavy (non-hydrogen) atoms. The van der Waals surface area contributed by atoms with Crippen LogP contribution >= 0.6 is 11.3 Å². The molecule has 1 aliphatic carbocycles. The first-order valence-corrected chi connectivity index (χ1v) is 9.12. The first-order valence-electron chi connectivity index (χ1n) is 8.30. The number of urea groups is 1. The summed E-state index contributed by atoms with van der Waals surface area (Å²) in [7, 11) is 0. The van der Waals surface area contributed by atoms with Crippen molar-refractivity contribution in [3.63, 3.8) is 0 Å². The van der Waals surface area contributed by atoms with E-state index < -0.39 is 0 Å². The lowest BCUT2D eigenvalue weighted by Gasteiger charge is -2.30. The van der Waals surface area contributed by atoms with Crippen molar-refractivity contribution in [1.82, 2.24) is 10.3 Å². The molecule has 2 fully saturated rings. The Balaban J connectivity index is 1.37. The van der Waals surface area contributed by atoms with E-state index in [2.05, 4.69) is 15.6 Å². The molecule has 2 amide bonds. The zero-order valence-electron chi connectivity index (χ0n) is 14.1. The van der Waals surface area contributed by atoms with Crippen molar-refractivity contribution in [2.24, 2.45) is 5.92 Å². The van der Waals surface area contributed by atoms with Gasteiger partial charge in [-0.2, -0.15) is 0 Å². The first kappa shape index (κ1) is 16.5. The minimum Gasteiger partial charge on any atom is -0.373 e. The van der Waals surface area contributed by atoms with E-state index in [-0.39, 0.29) is 23.0 Å². The maximum Gasteiger partial charge on any atom is 0.321 e. The topological polar surface area (TPSA) is 63.2 Å². The van der Waals surface area contributed by atoms with Crippen LogP contribution in [0.15, 0.2) is 30.5 Å². The van der Waals surface area contributed by atoms with E-state index in [0.29, 0.717) is 24.1 Å². The van der Waals surface area contributed by atoms with Crippen molar-refractivity contribution in [1.29, 1.82) is 0 Å². The number of nitrogens with zero attached hydrogens (tertiary/aromatic N) is 1. The van der Waals surface area contributed by atoms with Crippen LogP contribution in [0.5, 0.6) is 0 Å². The summed E-state index contributed by atoms with van der Waals surface area (Å²) < 4.78 is 18.7. The Morgan fingerprint density at radius 3 is 2.80 bits per heavy atom. The third-order valence-corrected chi connectivity index (χ3v) is 6.14. The molecule has 0 bridgehead atoms. The van der Waals surface area contributed by atoms with Gasteiger partial charge in [0.25, 0.3) is 0 Å². The fourth-order valence-electron chi connectivity index (χ4n) is 3.59. The normalized spacial score (nSPS) is 26.1. The lowest BCUT2D eigenvalue weighted by Crippen LogP contribution is -2.52. The zero-order valence-corrected chi connectivity index (χ0v) is 15.0. The van der Waals surface area contributed by atoms with Crippen LogP contribution in [0.1, 0.15) is 30.7 Å². The average Bonchev–Trinajstić information content (AvgIpc) is 3.00. The van der Waals surface area contributed by atoms with E-state index in [1.165, 1.54) is 23.5 Å². The lowest BCUT2D eigenvalue weighted by atomic mass is 9.96. The predicted molar refractivity (Wildman–Crippen MR) is 94.3 cm³/mol. The van der Waals surface area contributed by atoms with Gasteiger partial charge in [0.2, 0.25) is 0 Å². The summed E-state index contributed by atoms with van der Waals surface area (Å²) >= 11 is 1.42. The van der Waals surface area contributed by atoms with Crippen LogP contribution < -0.4 is 10.6 Å². The maximum atomic E-state index is 13.0. The predicted octanol–water partition coefficient (Wildman–Crippen LogP) is 3.56. The van der Waals surface area contributed by atoms with Gasteiger partial charge in [-0.25, -0.2) is 14.2 Å². The van der Waals surface area contributed by atoms with Gasteiger partial charge in [0, 0.05) is 23.4 Å². The van der Waals surface area contributed by atoms with Gasteiger partial charge in [-0.15, -0.1) is 11.3 Å². The van der Waals surface area contributed by atoms with Gasteiger partial charge in [-0.3, -0.25) is 5.32 Å². The van der Waals surface area contributed by atoms with E-state index in [9.17, 15) is 9.18 Å². The number of hydrogen-bond donors (Lipinski definition) is 2. The van der Waals surface area contributed by atoms with Crippen molar-refractivity contribution in [3.05, 3.63) is 46.7 Å². The smallest absolute Gasteiger partial charge is 0.321 e. The molecule has 7 heteroatoms. The van der Waals surface area contributed by atoms with Crippen molar-refractivity contribution < 1.29 is 13.9 Å². The first-order chi connectivity index (χ1) is 11.9. The van der Waals surface area contributed by atoms with E-state index in [0.717, 1.165) is 16.9 Å². The number of benzene rings is 1. The molecule has 0 spiro atoms. The molecular weight excluding hydrogens is 341 g/mol. The molecule has 2 N–H and O–H groups in total. The van der Waals surface area contributed by atoms with Gasteiger partial charge in [0.05, 0.1) is 17.7 Å². The number of anilines is 1. The minimum atomic E-state index is -0.342. The molecule has 132 valence electrons. The number of halogens is 1. The van der Waals surface area contributed by atoms with E-state index in [4.69, 9.17) is 4.74 Å². The maximum absolute atomic E-state index is 13.0. The second kappa shape index (κ2) is 5.78. The number of carbonyl (C=O) groups excluding carboxylic acids is 1. The van der Waals surface area contributed by atoms with Gasteiger partial charge < -0.3 is 10.1 Å². The second-order valence-electron chi connectivity index (χ2n) is 7.21. The van der Waals surface area contributed by atoms with Crippen LogP contribution in [-0.2, 0) is 11.2 Å². The Labute approximate surface area is 149 Å². The number of hydrogen-bond acceptors (Lipinski definition) is 4. The molecule has 1 saturated carbocycles. The molecule has 1 aromatic carbocycles. The number of aromatic nitrogens is 1. The summed E-state index contributed by atoms with van der Waals surface area (Å²) in [6, 6.07) is 6.15. The average molecular weight is 361 g/mol. The van der Waals surface area contributed by atoms with Gasteiger partial charge in [0.1, 0.15) is 5.82 Å². The molecule has 4 rings (SSSR count). The summed E-state index contributed by atoms with van der Waals surface area (Å²) in [6.07, 6.45) is 3.36. The zero-order chi connectivity index (χ0) is 17.7. The third-order valence-electron chi connectivity index (χ3n) is 5.23. The van der Waals surface area contributed by atoms with Crippen molar-refractivity contribution in [2.75, 3.05) is 11.9 Å². The Kier molecular flexibility index (Phi) is 3.81. The Morgan fingerprint density at radius 1 is 1.40 bits per heavy atom. The van der Waals surface area contributed by atoms with Crippen molar-refractivity contribution >= 4 is 22.5 Å². The van der Waals surface area contributed by atoms with E-state index >= 15 is 0 Å². The van der Waals surface area contributed by atoms with Gasteiger partial charge >= 0.3 is 6.03 Å². The second-order valence-corrected chi connectivity index (χ2v) is 8.32. The molecule has 1 aromatic heterocycles. The van der Waals surface area contributed by atoms with Crippen molar-refractivity contribution in [2.45, 2.75) is 37.8 Å². The Bertz CT molecular complexity index is 805. The molecule has 1 saturated heterocycles. The summed E-state index contributed by atoms with van der Waals surface area (Å²) in [5, 5.41) is 6.45. The summed E-state index contributed by atoms with van der Waals surface area (Å²) in [5.74, 6) is 0.155. The molecule has 0 radical (unpaired) electrons. The van der Waals surface area contributed by atoms with Gasteiger partial charge in [0.15, 0.2) is 5.13 Å². The van der Waals surface area contributed by atoms with Crippen LogP contribution in [0.3, 0.4) is 0 Å². The number of carbonyl (C=O) groups is 1. The Hall–Kier alpha value is -1.99. The molecule has 2 unspecified atom stereocenters.